The van der Waals surface area contributed by atoms with E-state index in [1.807, 2.05) is 4.72 Å². The number of carbonyl (C=O) groups is 2. The Hall–Kier alpha value is -1.97. The number of hydrogen-bond acceptors (Lipinski definition) is 6. The molecule has 4 N–H and O–H groups in total. The van der Waals surface area contributed by atoms with E-state index in [1.165, 1.54) is 25.3 Å². The van der Waals surface area contributed by atoms with Crippen LogP contribution < -0.4 is 10.5 Å². The summed E-state index contributed by atoms with van der Waals surface area (Å²) in [5, 5.41) is 9.14. The van der Waals surface area contributed by atoms with Gasteiger partial charge in [-0.2, -0.15) is 0 Å². The van der Waals surface area contributed by atoms with Crippen molar-refractivity contribution in [2.45, 2.75) is 11.0 Å². The van der Waals surface area contributed by atoms with Gasteiger partial charge in [0.2, 0.25) is 15.9 Å². The Bertz CT molecular complexity index is 613. The SMILES string of the molecule is COC(=O)c1cccc(S(=O)(=O)NCC(O)C(N)=O)c1. The van der Waals surface area contributed by atoms with Crippen LogP contribution in [0.4, 0.5) is 0 Å². The maximum atomic E-state index is 11.9. The number of aliphatic hydroxyl groups is 1. The van der Waals surface area contributed by atoms with Crippen LogP contribution in [0, 0.1) is 0 Å². The molecule has 0 aliphatic carbocycles. The Morgan fingerprint density at radius 3 is 2.65 bits per heavy atom. The Morgan fingerprint density at radius 2 is 2.10 bits per heavy atom. The van der Waals surface area contributed by atoms with Crippen LogP contribution in [-0.2, 0) is 19.6 Å². The lowest BCUT2D eigenvalue weighted by Crippen LogP contribution is -2.39. The summed E-state index contributed by atoms with van der Waals surface area (Å²) < 4.78 is 30.3. The molecule has 8 nitrogen and oxygen atoms in total. The van der Waals surface area contributed by atoms with Crippen LogP contribution in [0.3, 0.4) is 0 Å². The molecule has 1 unspecified atom stereocenters. The van der Waals surface area contributed by atoms with Crippen LogP contribution in [0.2, 0.25) is 0 Å². The molecular weight excluding hydrogens is 288 g/mol. The smallest absolute Gasteiger partial charge is 0.337 e. The van der Waals surface area contributed by atoms with Gasteiger partial charge in [-0.05, 0) is 18.2 Å². The fraction of sp³-hybridized carbons (Fsp3) is 0.273. The Labute approximate surface area is 115 Å². The van der Waals surface area contributed by atoms with Crippen LogP contribution >= 0.6 is 0 Å². The minimum atomic E-state index is -3.98. The number of rotatable bonds is 6. The van der Waals surface area contributed by atoms with Crippen molar-refractivity contribution in [3.63, 3.8) is 0 Å². The molecule has 1 atom stereocenters. The van der Waals surface area contributed by atoms with E-state index in [4.69, 9.17) is 10.8 Å². The van der Waals surface area contributed by atoms with E-state index in [-0.39, 0.29) is 10.5 Å². The van der Waals surface area contributed by atoms with Crippen molar-refractivity contribution in [2.75, 3.05) is 13.7 Å². The van der Waals surface area contributed by atoms with Gasteiger partial charge in [0, 0.05) is 6.54 Å². The normalized spacial score (nSPS) is 12.7. The first-order chi connectivity index (χ1) is 9.27. The average molecular weight is 302 g/mol. The van der Waals surface area contributed by atoms with Crippen molar-refractivity contribution in [1.29, 1.82) is 0 Å². The van der Waals surface area contributed by atoms with Gasteiger partial charge in [0.05, 0.1) is 17.6 Å². The van der Waals surface area contributed by atoms with E-state index in [9.17, 15) is 18.0 Å². The van der Waals surface area contributed by atoms with Crippen molar-refractivity contribution in [3.05, 3.63) is 29.8 Å². The minimum Gasteiger partial charge on any atom is -0.465 e. The van der Waals surface area contributed by atoms with Gasteiger partial charge in [-0.25, -0.2) is 17.9 Å². The summed E-state index contributed by atoms with van der Waals surface area (Å²) in [7, 11) is -2.81. The Kier molecular flexibility index (Phi) is 5.19. The molecule has 9 heteroatoms. The van der Waals surface area contributed by atoms with Gasteiger partial charge in [0.1, 0.15) is 6.10 Å². The van der Waals surface area contributed by atoms with Gasteiger partial charge in [-0.1, -0.05) is 6.07 Å². The summed E-state index contributed by atoms with van der Waals surface area (Å²) >= 11 is 0. The Morgan fingerprint density at radius 1 is 1.45 bits per heavy atom. The molecule has 1 amide bonds. The standard InChI is InChI=1S/C11H14N2O6S/c1-19-11(16)7-3-2-4-8(5-7)20(17,18)13-6-9(14)10(12)15/h2-5,9,13-14H,6H2,1H3,(H2,12,15). The third-order valence-electron chi connectivity index (χ3n) is 2.36. The van der Waals surface area contributed by atoms with Crippen LogP contribution in [0.1, 0.15) is 10.4 Å². The fourth-order valence-corrected chi connectivity index (χ4v) is 2.36. The second-order valence-electron chi connectivity index (χ2n) is 3.79. The largest absolute Gasteiger partial charge is 0.465 e. The molecule has 0 spiro atoms. The van der Waals surface area contributed by atoms with Gasteiger partial charge in [-0.15, -0.1) is 0 Å². The molecule has 1 aromatic rings. The van der Waals surface area contributed by atoms with Crippen molar-refractivity contribution in [2.24, 2.45) is 5.73 Å². The molecule has 0 aromatic heterocycles. The third-order valence-corrected chi connectivity index (χ3v) is 3.78. The molecule has 1 rings (SSSR count). The van der Waals surface area contributed by atoms with Crippen molar-refractivity contribution in [1.82, 2.24) is 4.72 Å². The number of ether oxygens (including phenoxy) is 1. The second-order valence-corrected chi connectivity index (χ2v) is 5.56. The molecule has 110 valence electrons. The number of benzene rings is 1. The number of primary amides is 1. The van der Waals surface area contributed by atoms with Gasteiger partial charge >= 0.3 is 5.97 Å². The predicted octanol–water partition coefficient (Wildman–Crippen LogP) is -1.40. The molecule has 1 aromatic carbocycles. The maximum Gasteiger partial charge on any atom is 0.337 e. The summed E-state index contributed by atoms with van der Waals surface area (Å²) in [4.78, 5) is 21.7. The second kappa shape index (κ2) is 6.46. The first-order valence-corrected chi connectivity index (χ1v) is 6.91. The topological polar surface area (TPSA) is 136 Å². The van der Waals surface area contributed by atoms with Crippen LogP contribution in [0.5, 0.6) is 0 Å². The molecule has 0 saturated carbocycles. The van der Waals surface area contributed by atoms with E-state index in [1.54, 1.807) is 0 Å². The number of hydrogen-bond donors (Lipinski definition) is 3. The van der Waals surface area contributed by atoms with Crippen molar-refractivity contribution >= 4 is 21.9 Å². The molecule has 0 heterocycles. The molecule has 0 fully saturated rings. The van der Waals surface area contributed by atoms with Crippen LogP contribution in [0.15, 0.2) is 29.2 Å². The maximum absolute atomic E-state index is 11.9. The van der Waals surface area contributed by atoms with E-state index >= 15 is 0 Å². The number of nitrogens with two attached hydrogens (primary N) is 1. The summed E-state index contributed by atoms with van der Waals surface area (Å²) in [5.41, 5.74) is 4.86. The molecule has 0 saturated heterocycles. The number of methoxy groups -OCH3 is 1. The zero-order valence-corrected chi connectivity index (χ0v) is 11.4. The Balaban J connectivity index is 2.93. The zero-order valence-electron chi connectivity index (χ0n) is 10.6. The highest BCUT2D eigenvalue weighted by Gasteiger charge is 2.19. The number of carbonyl (C=O) groups excluding carboxylic acids is 2. The summed E-state index contributed by atoms with van der Waals surface area (Å²) in [5.74, 6) is -1.73. The quantitative estimate of drug-likeness (QED) is 0.553. The summed E-state index contributed by atoms with van der Waals surface area (Å²) in [6.07, 6.45) is -1.63. The first-order valence-electron chi connectivity index (χ1n) is 5.43. The van der Waals surface area contributed by atoms with Gasteiger partial charge in [0.15, 0.2) is 0 Å². The highest BCUT2D eigenvalue weighted by molar-refractivity contribution is 7.89. The van der Waals surface area contributed by atoms with E-state index in [0.717, 1.165) is 6.07 Å². The van der Waals surface area contributed by atoms with E-state index in [0.29, 0.717) is 0 Å². The number of aliphatic hydroxyl groups excluding tert-OH is 1. The number of sulfonamides is 1. The van der Waals surface area contributed by atoms with E-state index < -0.39 is 34.5 Å². The lowest BCUT2D eigenvalue weighted by Gasteiger charge is -2.10. The number of esters is 1. The van der Waals surface area contributed by atoms with Gasteiger partial charge in [-0.3, -0.25) is 4.79 Å². The predicted molar refractivity (Wildman–Crippen MR) is 68.2 cm³/mol. The highest BCUT2D eigenvalue weighted by atomic mass is 32.2. The fourth-order valence-electron chi connectivity index (χ4n) is 1.28. The first kappa shape index (κ1) is 16.1. The van der Waals surface area contributed by atoms with Crippen LogP contribution in [0.25, 0.3) is 0 Å². The molecular formula is C11H14N2O6S. The number of amides is 1. The van der Waals surface area contributed by atoms with Gasteiger partial charge < -0.3 is 15.6 Å². The van der Waals surface area contributed by atoms with Crippen molar-refractivity contribution in [3.8, 4) is 0 Å². The number of nitrogens with one attached hydrogen (secondary N) is 1. The van der Waals surface area contributed by atoms with Crippen LogP contribution in [-0.4, -0.2) is 45.2 Å². The monoisotopic (exact) mass is 302 g/mol. The zero-order chi connectivity index (χ0) is 15.3. The highest BCUT2D eigenvalue weighted by Crippen LogP contribution is 2.12. The van der Waals surface area contributed by atoms with Crippen molar-refractivity contribution < 1.29 is 27.9 Å². The van der Waals surface area contributed by atoms with E-state index in [2.05, 4.69) is 4.74 Å². The molecule has 0 bridgehead atoms. The third kappa shape index (κ3) is 4.02. The summed E-state index contributed by atoms with van der Waals surface area (Å²) in [6, 6.07) is 5.13. The molecule has 20 heavy (non-hydrogen) atoms. The lowest BCUT2D eigenvalue weighted by molar-refractivity contribution is -0.125. The molecule has 0 aliphatic rings. The minimum absolute atomic E-state index is 0.0609. The molecule has 0 aliphatic heterocycles. The molecule has 0 radical (unpaired) electrons. The average Bonchev–Trinajstić information content (AvgIpc) is 2.43. The lowest BCUT2D eigenvalue weighted by atomic mass is 10.2. The summed E-state index contributed by atoms with van der Waals surface area (Å²) in [6.45, 7) is -0.555. The van der Waals surface area contributed by atoms with Gasteiger partial charge in [0.25, 0.3) is 0 Å².